The van der Waals surface area contributed by atoms with Gasteiger partial charge in [-0.3, -0.25) is 9.79 Å². The number of aryl methyl sites for hydroxylation is 1. The largest absolute Gasteiger partial charge is 0.466 e. The first-order valence-electron chi connectivity index (χ1n) is 9.57. The summed E-state index contributed by atoms with van der Waals surface area (Å²) in [7, 11) is 1.82. The molecule has 152 valence electrons. The number of nitrogens with one attached hydrogen (secondary N) is 1. The van der Waals surface area contributed by atoms with E-state index in [0.717, 1.165) is 38.4 Å². The van der Waals surface area contributed by atoms with Crippen LogP contribution in [0.5, 0.6) is 0 Å². The fourth-order valence-electron chi connectivity index (χ4n) is 3.65. The zero-order valence-electron chi connectivity index (χ0n) is 17.2. The molecule has 0 spiro atoms. The van der Waals surface area contributed by atoms with E-state index in [1.807, 2.05) is 14.0 Å². The topological polar surface area (TPSA) is 53.9 Å². The lowest BCUT2D eigenvalue weighted by molar-refractivity contribution is -0.149. The summed E-state index contributed by atoms with van der Waals surface area (Å²) in [6.07, 6.45) is 1.64. The van der Waals surface area contributed by atoms with E-state index < -0.39 is 0 Å². The predicted octanol–water partition coefficient (Wildman–Crippen LogP) is 3.74. The van der Waals surface area contributed by atoms with Gasteiger partial charge >= 0.3 is 5.97 Å². The lowest BCUT2D eigenvalue weighted by atomic mass is 9.82. The number of benzene rings is 1. The van der Waals surface area contributed by atoms with Crippen LogP contribution in [0.15, 0.2) is 29.3 Å². The maximum absolute atomic E-state index is 11.9. The second kappa shape index (κ2) is 10.9. The molecule has 2 rings (SSSR count). The van der Waals surface area contributed by atoms with Crippen LogP contribution in [0.1, 0.15) is 44.7 Å². The summed E-state index contributed by atoms with van der Waals surface area (Å²) in [6.45, 7) is 11.4. The molecule has 0 atom stereocenters. The molecule has 1 N–H and O–H groups in total. The standard InChI is InChI=1S/C21H33N3O2.HI/c1-6-26-19(25)17-11-13-24(14-12-17)20(22-5)23-15-21(3,4)18-10-8-7-9-16(18)2;/h7-10,17H,6,11-15H2,1-5H3,(H,22,23);1H. The molecule has 1 saturated heterocycles. The number of hydrogen-bond donors (Lipinski definition) is 1. The molecule has 27 heavy (non-hydrogen) atoms. The van der Waals surface area contributed by atoms with Crippen LogP contribution < -0.4 is 5.32 Å². The number of piperidine rings is 1. The van der Waals surface area contributed by atoms with Crippen molar-refractivity contribution < 1.29 is 9.53 Å². The molecular weight excluding hydrogens is 453 g/mol. The van der Waals surface area contributed by atoms with Crippen molar-refractivity contribution in [2.45, 2.75) is 46.0 Å². The van der Waals surface area contributed by atoms with E-state index in [-0.39, 0.29) is 41.3 Å². The molecule has 1 aliphatic rings. The van der Waals surface area contributed by atoms with Crippen LogP contribution in [0.2, 0.25) is 0 Å². The third kappa shape index (κ3) is 6.36. The third-order valence-electron chi connectivity index (χ3n) is 5.19. The number of likely N-dealkylation sites (tertiary alicyclic amines) is 1. The first kappa shape index (κ1) is 23.7. The fraction of sp³-hybridized carbons (Fsp3) is 0.619. The number of carbonyl (C=O) groups excluding carboxylic acids is 1. The number of nitrogens with zero attached hydrogens (tertiary/aromatic N) is 2. The number of aliphatic imine (C=N–C) groups is 1. The Kier molecular flexibility index (Phi) is 9.56. The number of hydrogen-bond acceptors (Lipinski definition) is 3. The summed E-state index contributed by atoms with van der Waals surface area (Å²) in [5.74, 6) is 0.873. The minimum Gasteiger partial charge on any atom is -0.466 e. The molecule has 5 nitrogen and oxygen atoms in total. The number of guanidine groups is 1. The van der Waals surface area contributed by atoms with E-state index in [9.17, 15) is 4.79 Å². The van der Waals surface area contributed by atoms with Gasteiger partial charge in [0, 0.05) is 32.1 Å². The normalized spacial score (nSPS) is 15.9. The van der Waals surface area contributed by atoms with Crippen LogP contribution in [-0.2, 0) is 14.9 Å². The highest BCUT2D eigenvalue weighted by Crippen LogP contribution is 2.25. The van der Waals surface area contributed by atoms with E-state index in [4.69, 9.17) is 4.74 Å². The van der Waals surface area contributed by atoms with Gasteiger partial charge in [-0.2, -0.15) is 0 Å². The molecule has 0 aliphatic carbocycles. The van der Waals surface area contributed by atoms with Gasteiger partial charge in [-0.15, -0.1) is 24.0 Å². The summed E-state index contributed by atoms with van der Waals surface area (Å²) < 4.78 is 5.15. The molecule has 0 bridgehead atoms. The molecule has 1 fully saturated rings. The summed E-state index contributed by atoms with van der Waals surface area (Å²) in [5, 5.41) is 3.53. The van der Waals surface area contributed by atoms with Gasteiger partial charge in [0.15, 0.2) is 5.96 Å². The minimum absolute atomic E-state index is 0. The molecular formula is C21H34IN3O2. The Hall–Kier alpha value is -1.31. The molecule has 0 saturated carbocycles. The Bertz CT molecular complexity index is 638. The number of rotatable bonds is 5. The first-order chi connectivity index (χ1) is 12.4. The van der Waals surface area contributed by atoms with Crippen molar-refractivity contribution in [2.24, 2.45) is 10.9 Å². The second-order valence-electron chi connectivity index (χ2n) is 7.61. The van der Waals surface area contributed by atoms with Crippen LogP contribution in [-0.4, -0.2) is 50.1 Å². The van der Waals surface area contributed by atoms with Gasteiger partial charge < -0.3 is 15.0 Å². The Morgan fingerprint density at radius 2 is 1.93 bits per heavy atom. The number of carbonyl (C=O) groups is 1. The smallest absolute Gasteiger partial charge is 0.309 e. The molecule has 0 radical (unpaired) electrons. The SMILES string of the molecule is CCOC(=O)C1CCN(C(=NC)NCC(C)(C)c2ccccc2C)CC1.I. The van der Waals surface area contributed by atoms with Crippen LogP contribution in [0.25, 0.3) is 0 Å². The summed E-state index contributed by atoms with van der Waals surface area (Å²) in [5.41, 5.74) is 2.67. The number of halogens is 1. The third-order valence-corrected chi connectivity index (χ3v) is 5.19. The Labute approximate surface area is 181 Å². The maximum atomic E-state index is 11.9. The van der Waals surface area contributed by atoms with Crippen molar-refractivity contribution >= 4 is 35.9 Å². The van der Waals surface area contributed by atoms with E-state index in [0.29, 0.717) is 6.61 Å². The maximum Gasteiger partial charge on any atom is 0.309 e. The van der Waals surface area contributed by atoms with Gasteiger partial charge in [0.05, 0.1) is 12.5 Å². The van der Waals surface area contributed by atoms with Crippen LogP contribution >= 0.6 is 24.0 Å². The zero-order valence-corrected chi connectivity index (χ0v) is 19.6. The molecule has 1 aliphatic heterocycles. The van der Waals surface area contributed by atoms with Crippen LogP contribution in [0, 0.1) is 12.8 Å². The highest BCUT2D eigenvalue weighted by molar-refractivity contribution is 14.0. The monoisotopic (exact) mass is 487 g/mol. The van der Waals surface area contributed by atoms with E-state index in [1.54, 1.807) is 0 Å². The van der Waals surface area contributed by atoms with Crippen molar-refractivity contribution in [2.75, 3.05) is 33.3 Å². The summed E-state index contributed by atoms with van der Waals surface area (Å²) in [6, 6.07) is 8.53. The molecule has 0 aromatic heterocycles. The molecule has 1 heterocycles. The van der Waals surface area contributed by atoms with Crippen molar-refractivity contribution in [1.29, 1.82) is 0 Å². The Balaban J connectivity index is 0.00000364. The average Bonchev–Trinajstić information content (AvgIpc) is 2.63. The lowest BCUT2D eigenvalue weighted by Crippen LogP contribution is -2.49. The quantitative estimate of drug-likeness (QED) is 0.298. The first-order valence-corrected chi connectivity index (χ1v) is 9.57. The van der Waals surface area contributed by atoms with Crippen LogP contribution in [0.3, 0.4) is 0 Å². The number of esters is 1. The molecule has 0 amide bonds. The van der Waals surface area contributed by atoms with Gasteiger partial charge in [0.2, 0.25) is 0 Å². The molecule has 6 heteroatoms. The van der Waals surface area contributed by atoms with E-state index >= 15 is 0 Å². The van der Waals surface area contributed by atoms with E-state index in [2.05, 4.69) is 60.2 Å². The summed E-state index contributed by atoms with van der Waals surface area (Å²) in [4.78, 5) is 18.6. The summed E-state index contributed by atoms with van der Waals surface area (Å²) >= 11 is 0. The van der Waals surface area contributed by atoms with Crippen molar-refractivity contribution in [3.05, 3.63) is 35.4 Å². The van der Waals surface area contributed by atoms with Gasteiger partial charge in [0.1, 0.15) is 0 Å². The zero-order chi connectivity index (χ0) is 19.2. The van der Waals surface area contributed by atoms with Crippen molar-refractivity contribution in [3.63, 3.8) is 0 Å². The van der Waals surface area contributed by atoms with Gasteiger partial charge in [-0.1, -0.05) is 38.1 Å². The molecule has 0 unspecified atom stereocenters. The second-order valence-corrected chi connectivity index (χ2v) is 7.61. The highest BCUT2D eigenvalue weighted by atomic mass is 127. The van der Waals surface area contributed by atoms with Gasteiger partial charge in [-0.05, 0) is 37.8 Å². The van der Waals surface area contributed by atoms with Gasteiger partial charge in [-0.25, -0.2) is 0 Å². The minimum atomic E-state index is -0.0595. The molecule has 1 aromatic rings. The highest BCUT2D eigenvalue weighted by Gasteiger charge is 2.28. The van der Waals surface area contributed by atoms with Crippen molar-refractivity contribution in [3.8, 4) is 0 Å². The Morgan fingerprint density at radius 3 is 2.48 bits per heavy atom. The van der Waals surface area contributed by atoms with Crippen molar-refractivity contribution in [1.82, 2.24) is 10.2 Å². The number of ether oxygens (including phenoxy) is 1. The molecule has 1 aromatic carbocycles. The van der Waals surface area contributed by atoms with Gasteiger partial charge in [0.25, 0.3) is 0 Å². The van der Waals surface area contributed by atoms with E-state index in [1.165, 1.54) is 11.1 Å². The fourth-order valence-corrected chi connectivity index (χ4v) is 3.65. The predicted molar refractivity (Wildman–Crippen MR) is 122 cm³/mol. The lowest BCUT2D eigenvalue weighted by Gasteiger charge is -2.35. The average molecular weight is 487 g/mol. The van der Waals surface area contributed by atoms with Crippen LogP contribution in [0.4, 0.5) is 0 Å². The Morgan fingerprint density at radius 1 is 1.30 bits per heavy atom.